The number of carbonyl (C=O) groups excluding carboxylic acids is 1. The van der Waals surface area contributed by atoms with Crippen molar-refractivity contribution in [2.45, 2.75) is 39.5 Å². The molecular weight excluding hydrogens is 258 g/mol. The minimum absolute atomic E-state index is 0.0509. The van der Waals surface area contributed by atoms with Crippen LogP contribution in [-0.2, 0) is 11.2 Å². The molecule has 1 fully saturated rings. The van der Waals surface area contributed by atoms with Crippen LogP contribution in [-0.4, -0.2) is 25.7 Å². The zero-order chi connectivity index (χ0) is 13.7. The summed E-state index contributed by atoms with van der Waals surface area (Å²) in [5.41, 5.74) is 1.23. The number of rotatable bonds is 8. The summed E-state index contributed by atoms with van der Waals surface area (Å²) in [4.78, 5) is 14.1. The smallest absolute Gasteiger partial charge is 0.261 e. The van der Waals surface area contributed by atoms with E-state index >= 15 is 0 Å². The molecule has 0 aliphatic heterocycles. The summed E-state index contributed by atoms with van der Waals surface area (Å²) < 4.78 is 5.54. The average Bonchev–Trinajstić information content (AvgIpc) is 3.15. The van der Waals surface area contributed by atoms with E-state index in [1.165, 1.54) is 23.3 Å². The van der Waals surface area contributed by atoms with Crippen LogP contribution in [0.25, 0.3) is 0 Å². The van der Waals surface area contributed by atoms with E-state index < -0.39 is 0 Å². The molecule has 2 rings (SSSR count). The van der Waals surface area contributed by atoms with Crippen LogP contribution in [0.4, 0.5) is 0 Å². The molecule has 106 valence electrons. The van der Waals surface area contributed by atoms with Gasteiger partial charge in [-0.2, -0.15) is 0 Å². The number of nitrogens with one attached hydrogen (secondary N) is 1. The quantitative estimate of drug-likeness (QED) is 0.743. The molecule has 0 unspecified atom stereocenters. The van der Waals surface area contributed by atoms with Gasteiger partial charge < -0.3 is 10.1 Å². The Morgan fingerprint density at radius 2 is 2.32 bits per heavy atom. The van der Waals surface area contributed by atoms with Crippen molar-refractivity contribution >= 4 is 17.2 Å². The first-order valence-corrected chi connectivity index (χ1v) is 7.97. The molecule has 0 aromatic carbocycles. The summed E-state index contributed by atoms with van der Waals surface area (Å²) in [7, 11) is 0. The molecule has 4 heteroatoms. The number of thiophene rings is 1. The van der Waals surface area contributed by atoms with E-state index in [1.54, 1.807) is 11.3 Å². The zero-order valence-electron chi connectivity index (χ0n) is 11.8. The topological polar surface area (TPSA) is 38.3 Å². The SMILES string of the molecule is CCc1sc(C(=O)NCCCOCC2CC2)cc1C. The van der Waals surface area contributed by atoms with Crippen LogP contribution in [0.3, 0.4) is 0 Å². The minimum Gasteiger partial charge on any atom is -0.381 e. The highest BCUT2D eigenvalue weighted by atomic mass is 32.1. The minimum atomic E-state index is 0.0509. The van der Waals surface area contributed by atoms with E-state index in [0.29, 0.717) is 6.54 Å². The standard InChI is InChI=1S/C15H23NO2S/c1-3-13-11(2)9-14(19-13)15(17)16-7-4-8-18-10-12-5-6-12/h9,12H,3-8,10H2,1-2H3,(H,16,17). The van der Waals surface area contributed by atoms with Gasteiger partial charge in [0.25, 0.3) is 5.91 Å². The normalized spacial score (nSPS) is 14.6. The molecule has 1 saturated carbocycles. The first-order chi connectivity index (χ1) is 9.20. The summed E-state index contributed by atoms with van der Waals surface area (Å²) in [6.07, 6.45) is 4.55. The lowest BCUT2D eigenvalue weighted by atomic mass is 10.2. The molecule has 0 spiro atoms. The summed E-state index contributed by atoms with van der Waals surface area (Å²) in [6.45, 7) is 6.54. The molecule has 0 atom stereocenters. The highest BCUT2D eigenvalue weighted by Gasteiger charge is 2.20. The van der Waals surface area contributed by atoms with Gasteiger partial charge in [0.05, 0.1) is 4.88 Å². The molecule has 1 aliphatic rings. The molecule has 1 N–H and O–H groups in total. The fraction of sp³-hybridized carbons (Fsp3) is 0.667. The first-order valence-electron chi connectivity index (χ1n) is 7.16. The maximum Gasteiger partial charge on any atom is 0.261 e. The molecule has 3 nitrogen and oxygen atoms in total. The second-order valence-electron chi connectivity index (χ2n) is 5.20. The Balaban J connectivity index is 1.62. The zero-order valence-corrected chi connectivity index (χ0v) is 12.6. The Bertz CT molecular complexity index is 424. The predicted molar refractivity (Wildman–Crippen MR) is 78.9 cm³/mol. The van der Waals surface area contributed by atoms with Gasteiger partial charge in [0.2, 0.25) is 0 Å². The van der Waals surface area contributed by atoms with Gasteiger partial charge in [-0.05, 0) is 50.2 Å². The molecule has 1 aromatic rings. The van der Waals surface area contributed by atoms with Crippen LogP contribution in [0.1, 0.15) is 46.3 Å². The van der Waals surface area contributed by atoms with Crippen molar-refractivity contribution in [1.29, 1.82) is 0 Å². The summed E-state index contributed by atoms with van der Waals surface area (Å²) in [5.74, 6) is 0.867. The van der Waals surface area contributed by atoms with Gasteiger partial charge >= 0.3 is 0 Å². The van der Waals surface area contributed by atoms with Crippen molar-refractivity contribution in [2.24, 2.45) is 5.92 Å². The first kappa shape index (κ1) is 14.5. The van der Waals surface area contributed by atoms with E-state index in [9.17, 15) is 4.79 Å². The second-order valence-corrected chi connectivity index (χ2v) is 6.33. The van der Waals surface area contributed by atoms with Crippen molar-refractivity contribution in [3.8, 4) is 0 Å². The van der Waals surface area contributed by atoms with Crippen molar-refractivity contribution in [3.63, 3.8) is 0 Å². The maximum absolute atomic E-state index is 11.9. The summed E-state index contributed by atoms with van der Waals surface area (Å²) in [5, 5.41) is 2.96. The van der Waals surface area contributed by atoms with Crippen LogP contribution < -0.4 is 5.32 Å². The lowest BCUT2D eigenvalue weighted by Gasteiger charge is -2.04. The Hall–Kier alpha value is -0.870. The van der Waals surface area contributed by atoms with Crippen molar-refractivity contribution < 1.29 is 9.53 Å². The molecule has 1 amide bonds. The van der Waals surface area contributed by atoms with Gasteiger partial charge in [-0.25, -0.2) is 0 Å². The molecule has 0 bridgehead atoms. The van der Waals surface area contributed by atoms with Crippen molar-refractivity contribution in [2.75, 3.05) is 19.8 Å². The number of carbonyl (C=O) groups is 1. The van der Waals surface area contributed by atoms with Gasteiger partial charge in [0, 0.05) is 24.6 Å². The Labute approximate surface area is 119 Å². The molecule has 0 radical (unpaired) electrons. The van der Waals surface area contributed by atoms with Gasteiger partial charge in [-0.1, -0.05) is 6.92 Å². The predicted octanol–water partition coefficient (Wildman–Crippen LogP) is 3.17. The molecule has 1 aromatic heterocycles. The summed E-state index contributed by atoms with van der Waals surface area (Å²) >= 11 is 1.60. The largest absolute Gasteiger partial charge is 0.381 e. The molecular formula is C15H23NO2S. The fourth-order valence-corrected chi connectivity index (χ4v) is 3.01. The van der Waals surface area contributed by atoms with Crippen LogP contribution in [0, 0.1) is 12.8 Å². The second kappa shape index (κ2) is 7.06. The average molecular weight is 281 g/mol. The van der Waals surface area contributed by atoms with E-state index in [2.05, 4.69) is 19.2 Å². The third-order valence-corrected chi connectivity index (χ3v) is 4.75. The molecule has 19 heavy (non-hydrogen) atoms. The Morgan fingerprint density at radius 1 is 1.53 bits per heavy atom. The summed E-state index contributed by atoms with van der Waals surface area (Å²) in [6, 6.07) is 1.99. The third-order valence-electron chi connectivity index (χ3n) is 3.37. The monoisotopic (exact) mass is 281 g/mol. The third kappa shape index (κ3) is 4.62. The van der Waals surface area contributed by atoms with Gasteiger partial charge in [-0.3, -0.25) is 4.79 Å². The number of hydrogen-bond donors (Lipinski definition) is 1. The Kier molecular flexibility index (Phi) is 5.40. The van der Waals surface area contributed by atoms with Crippen LogP contribution in [0.5, 0.6) is 0 Å². The van der Waals surface area contributed by atoms with Gasteiger partial charge in [-0.15, -0.1) is 11.3 Å². The van der Waals surface area contributed by atoms with Crippen LogP contribution in [0.15, 0.2) is 6.07 Å². The lowest BCUT2D eigenvalue weighted by Crippen LogP contribution is -2.24. The van der Waals surface area contributed by atoms with Crippen LogP contribution in [0.2, 0.25) is 0 Å². The van der Waals surface area contributed by atoms with Crippen LogP contribution >= 0.6 is 11.3 Å². The van der Waals surface area contributed by atoms with Crippen molar-refractivity contribution in [3.05, 3.63) is 21.4 Å². The number of ether oxygens (including phenoxy) is 1. The fourth-order valence-electron chi connectivity index (χ4n) is 1.98. The lowest BCUT2D eigenvalue weighted by molar-refractivity contribution is 0.0941. The number of aryl methyl sites for hydroxylation is 2. The van der Waals surface area contributed by atoms with E-state index in [1.807, 2.05) is 6.07 Å². The highest BCUT2D eigenvalue weighted by Crippen LogP contribution is 2.28. The maximum atomic E-state index is 11.9. The number of hydrogen-bond acceptors (Lipinski definition) is 3. The molecule has 1 aliphatic carbocycles. The van der Waals surface area contributed by atoms with E-state index in [0.717, 1.165) is 36.9 Å². The van der Waals surface area contributed by atoms with Crippen molar-refractivity contribution in [1.82, 2.24) is 5.32 Å². The molecule has 1 heterocycles. The van der Waals surface area contributed by atoms with Gasteiger partial charge in [0.15, 0.2) is 0 Å². The van der Waals surface area contributed by atoms with E-state index in [4.69, 9.17) is 4.74 Å². The van der Waals surface area contributed by atoms with E-state index in [-0.39, 0.29) is 5.91 Å². The Morgan fingerprint density at radius 3 is 2.95 bits per heavy atom. The van der Waals surface area contributed by atoms with Gasteiger partial charge in [0.1, 0.15) is 0 Å². The number of amides is 1. The molecule has 0 saturated heterocycles. The highest BCUT2D eigenvalue weighted by molar-refractivity contribution is 7.14.